The van der Waals surface area contributed by atoms with Gasteiger partial charge in [-0.15, -0.1) is 0 Å². The molecule has 0 fully saturated rings. The standard InChI is InChI=1S/C45H80NO8P/c1-3-5-7-9-11-12-13-14-15-16-17-18-19-20-21-22-23-24-25-26-27-28-29-30-32-34-36-38-45(48)54-43(42-53-55(49,50)52-40-39-46)41-51-44(47)37-35-33-31-10-8-6-4-2/h5,7,11-12,14-15,17-18,20-21,43H,3-4,6,8-10,13,16,19,22-42,46H2,1-2H3,(H,49,50)/b7-5-,12-11-,15-14-,18-17-,21-20-. The molecule has 2 atom stereocenters. The van der Waals surface area contributed by atoms with Gasteiger partial charge in [-0.3, -0.25) is 18.6 Å². The van der Waals surface area contributed by atoms with Gasteiger partial charge in [0.1, 0.15) is 6.61 Å². The predicted molar refractivity (Wildman–Crippen MR) is 229 cm³/mol. The third-order valence-electron chi connectivity index (χ3n) is 8.92. The number of carbonyl (C=O) groups excluding carboxylic acids is 2. The van der Waals surface area contributed by atoms with Crippen LogP contribution in [0.15, 0.2) is 60.8 Å². The molecule has 318 valence electrons. The Morgan fingerprint density at radius 2 is 1.00 bits per heavy atom. The monoisotopic (exact) mass is 794 g/mol. The normalized spacial score (nSPS) is 13.9. The van der Waals surface area contributed by atoms with Crippen LogP contribution in [0.1, 0.15) is 181 Å². The zero-order chi connectivity index (χ0) is 40.3. The van der Waals surface area contributed by atoms with Crippen molar-refractivity contribution >= 4 is 19.8 Å². The fraction of sp³-hybridized carbons (Fsp3) is 0.733. The molecule has 0 heterocycles. The molecular weight excluding hydrogens is 713 g/mol. The van der Waals surface area contributed by atoms with Crippen molar-refractivity contribution in [3.8, 4) is 0 Å². The molecule has 0 spiro atoms. The molecule has 0 aromatic carbocycles. The Morgan fingerprint density at radius 3 is 1.49 bits per heavy atom. The van der Waals surface area contributed by atoms with Crippen molar-refractivity contribution in [3.63, 3.8) is 0 Å². The average molecular weight is 794 g/mol. The highest BCUT2D eigenvalue weighted by Crippen LogP contribution is 2.43. The molecule has 0 aromatic rings. The quantitative estimate of drug-likeness (QED) is 0.0269. The summed E-state index contributed by atoms with van der Waals surface area (Å²) in [6.45, 7) is 3.55. The number of unbranched alkanes of at least 4 members (excludes halogenated alkanes) is 17. The second-order valence-electron chi connectivity index (χ2n) is 14.2. The number of hydrogen-bond donors (Lipinski definition) is 2. The van der Waals surface area contributed by atoms with E-state index in [1.807, 2.05) is 0 Å². The predicted octanol–water partition coefficient (Wildman–Crippen LogP) is 12.5. The molecule has 0 saturated carbocycles. The van der Waals surface area contributed by atoms with Gasteiger partial charge >= 0.3 is 19.8 Å². The van der Waals surface area contributed by atoms with Gasteiger partial charge in [-0.2, -0.15) is 0 Å². The molecule has 10 heteroatoms. The molecule has 0 saturated heterocycles. The summed E-state index contributed by atoms with van der Waals surface area (Å²) in [5, 5.41) is 0. The fourth-order valence-corrected chi connectivity index (χ4v) is 6.48. The van der Waals surface area contributed by atoms with Gasteiger partial charge in [0.15, 0.2) is 6.10 Å². The number of nitrogens with two attached hydrogens (primary N) is 1. The van der Waals surface area contributed by atoms with Gasteiger partial charge in [0, 0.05) is 19.4 Å². The maximum atomic E-state index is 12.5. The van der Waals surface area contributed by atoms with E-state index in [4.69, 9.17) is 24.3 Å². The minimum Gasteiger partial charge on any atom is -0.462 e. The van der Waals surface area contributed by atoms with Crippen molar-refractivity contribution in [1.29, 1.82) is 0 Å². The van der Waals surface area contributed by atoms with E-state index in [-0.39, 0.29) is 32.6 Å². The first-order valence-electron chi connectivity index (χ1n) is 21.8. The number of rotatable bonds is 40. The molecule has 3 N–H and O–H groups in total. The molecule has 55 heavy (non-hydrogen) atoms. The highest BCUT2D eigenvalue weighted by Gasteiger charge is 2.26. The molecule has 0 radical (unpaired) electrons. The largest absolute Gasteiger partial charge is 0.472 e. The zero-order valence-electron chi connectivity index (χ0n) is 34.9. The second-order valence-corrected chi connectivity index (χ2v) is 15.6. The number of carbonyl (C=O) groups is 2. The average Bonchev–Trinajstić information content (AvgIpc) is 3.17. The highest BCUT2D eigenvalue weighted by atomic mass is 31.2. The lowest BCUT2D eigenvalue weighted by Gasteiger charge is -2.19. The minimum absolute atomic E-state index is 0.0516. The molecule has 0 rings (SSSR count). The number of esters is 2. The van der Waals surface area contributed by atoms with Crippen LogP contribution in [0.3, 0.4) is 0 Å². The third-order valence-corrected chi connectivity index (χ3v) is 9.90. The van der Waals surface area contributed by atoms with Crippen molar-refractivity contribution in [2.24, 2.45) is 5.73 Å². The Hall–Kier alpha value is -2.29. The summed E-state index contributed by atoms with van der Waals surface area (Å²) in [7, 11) is -4.37. The van der Waals surface area contributed by atoms with Crippen molar-refractivity contribution in [3.05, 3.63) is 60.8 Å². The lowest BCUT2D eigenvalue weighted by molar-refractivity contribution is -0.161. The van der Waals surface area contributed by atoms with E-state index in [0.717, 1.165) is 77.0 Å². The molecular formula is C45H80NO8P. The smallest absolute Gasteiger partial charge is 0.462 e. The van der Waals surface area contributed by atoms with E-state index in [0.29, 0.717) is 6.42 Å². The van der Waals surface area contributed by atoms with Crippen LogP contribution < -0.4 is 5.73 Å². The maximum Gasteiger partial charge on any atom is 0.472 e. The molecule has 9 nitrogen and oxygen atoms in total. The summed E-state index contributed by atoms with van der Waals surface area (Å²) >= 11 is 0. The number of ether oxygens (including phenoxy) is 2. The van der Waals surface area contributed by atoms with Crippen molar-refractivity contribution in [1.82, 2.24) is 0 Å². The first kappa shape index (κ1) is 52.7. The lowest BCUT2D eigenvalue weighted by Crippen LogP contribution is -2.29. The van der Waals surface area contributed by atoms with Gasteiger partial charge in [0.2, 0.25) is 0 Å². The first-order chi connectivity index (χ1) is 26.8. The van der Waals surface area contributed by atoms with E-state index in [9.17, 15) is 19.0 Å². The fourth-order valence-electron chi connectivity index (χ4n) is 5.72. The van der Waals surface area contributed by atoms with Gasteiger partial charge in [-0.05, 0) is 57.8 Å². The minimum atomic E-state index is -4.37. The molecule has 0 aliphatic carbocycles. The van der Waals surface area contributed by atoms with Crippen LogP contribution in [0.2, 0.25) is 0 Å². The summed E-state index contributed by atoms with van der Waals surface area (Å²) in [5.74, 6) is -0.841. The van der Waals surface area contributed by atoms with Gasteiger partial charge < -0.3 is 20.1 Å². The van der Waals surface area contributed by atoms with Crippen LogP contribution in [0.5, 0.6) is 0 Å². The van der Waals surface area contributed by atoms with Crippen LogP contribution >= 0.6 is 7.82 Å². The molecule has 2 unspecified atom stereocenters. The van der Waals surface area contributed by atoms with Gasteiger partial charge in [-0.1, -0.05) is 171 Å². The van der Waals surface area contributed by atoms with Crippen LogP contribution in [-0.4, -0.2) is 49.3 Å². The molecule has 0 bridgehead atoms. The highest BCUT2D eigenvalue weighted by molar-refractivity contribution is 7.47. The van der Waals surface area contributed by atoms with Crippen LogP contribution in [0, 0.1) is 0 Å². The van der Waals surface area contributed by atoms with E-state index in [1.54, 1.807) is 0 Å². The summed E-state index contributed by atoms with van der Waals surface area (Å²) in [5.41, 5.74) is 5.33. The zero-order valence-corrected chi connectivity index (χ0v) is 35.8. The second kappa shape index (κ2) is 41.3. The van der Waals surface area contributed by atoms with Crippen molar-refractivity contribution in [2.75, 3.05) is 26.4 Å². The van der Waals surface area contributed by atoms with E-state index in [1.165, 1.54) is 70.6 Å². The van der Waals surface area contributed by atoms with Gasteiger partial charge in [-0.25, -0.2) is 4.57 Å². The Morgan fingerprint density at radius 1 is 0.564 bits per heavy atom. The van der Waals surface area contributed by atoms with Crippen LogP contribution in [-0.2, 0) is 32.7 Å². The number of phosphoric acid groups is 1. The SMILES string of the molecule is CC/C=C\C/C=C\C/C=C\C/C=C\C/C=C\CCCCCCCCCCCCCC(=O)OC(COC(=O)CCCCCCCCC)COP(=O)(O)OCCN. The number of phosphoric ester groups is 1. The van der Waals surface area contributed by atoms with Crippen LogP contribution in [0.4, 0.5) is 0 Å². The number of allylic oxidation sites excluding steroid dienone is 10. The third kappa shape index (κ3) is 41.2. The molecule has 0 amide bonds. The summed E-state index contributed by atoms with van der Waals surface area (Å²) in [4.78, 5) is 34.6. The Labute approximate surface area is 336 Å². The van der Waals surface area contributed by atoms with Crippen molar-refractivity contribution < 1.29 is 37.6 Å². The van der Waals surface area contributed by atoms with Crippen LogP contribution in [0.25, 0.3) is 0 Å². The van der Waals surface area contributed by atoms with Crippen molar-refractivity contribution in [2.45, 2.75) is 187 Å². The Bertz CT molecular complexity index is 1090. The van der Waals surface area contributed by atoms with E-state index in [2.05, 4.69) is 74.6 Å². The molecule has 0 aliphatic rings. The number of hydrogen-bond acceptors (Lipinski definition) is 8. The Balaban J connectivity index is 3.97. The van der Waals surface area contributed by atoms with Gasteiger partial charge in [0.25, 0.3) is 0 Å². The summed E-state index contributed by atoms with van der Waals surface area (Å²) in [6.07, 6.45) is 48.5. The summed E-state index contributed by atoms with van der Waals surface area (Å²) < 4.78 is 32.6. The molecule has 0 aromatic heterocycles. The summed E-state index contributed by atoms with van der Waals surface area (Å²) in [6, 6.07) is 0. The van der Waals surface area contributed by atoms with E-state index >= 15 is 0 Å². The van der Waals surface area contributed by atoms with Gasteiger partial charge in [0.05, 0.1) is 13.2 Å². The molecule has 0 aliphatic heterocycles. The Kier molecular flexibility index (Phi) is 39.6. The lowest BCUT2D eigenvalue weighted by atomic mass is 10.0. The first-order valence-corrected chi connectivity index (χ1v) is 23.3. The van der Waals surface area contributed by atoms with E-state index < -0.39 is 32.5 Å². The topological polar surface area (TPSA) is 134 Å². The maximum absolute atomic E-state index is 12.5.